The average molecular weight is 450 g/mol. The number of halogens is 1. The Morgan fingerprint density at radius 3 is 2.88 bits per heavy atom. The number of aromatic nitrogens is 3. The fraction of sp³-hybridized carbons (Fsp3) is 0.812. The molecular weight excluding hydrogens is 419 g/mol. The largest absolute Gasteiger partial charge is 0.380 e. The van der Waals surface area contributed by atoms with E-state index >= 15 is 0 Å². The van der Waals surface area contributed by atoms with Crippen LogP contribution < -0.4 is 10.6 Å². The maximum absolute atomic E-state index is 5.32. The Balaban J connectivity index is 0.00000288. The molecule has 0 unspecified atom stereocenters. The zero-order chi connectivity index (χ0) is 16.3. The average Bonchev–Trinajstić information content (AvgIpc) is 2.79. The number of nitrogens with zero attached hydrogens (tertiary/aromatic N) is 4. The van der Waals surface area contributed by atoms with Crippen LogP contribution in [-0.4, -0.2) is 53.6 Å². The van der Waals surface area contributed by atoms with E-state index in [1.807, 2.05) is 6.92 Å². The second-order valence-electron chi connectivity index (χ2n) is 5.63. The van der Waals surface area contributed by atoms with Gasteiger partial charge in [-0.05, 0) is 26.7 Å². The summed E-state index contributed by atoms with van der Waals surface area (Å²) < 4.78 is 7.61. The molecule has 2 N–H and O–H groups in total. The van der Waals surface area contributed by atoms with Crippen molar-refractivity contribution in [2.24, 2.45) is 4.99 Å². The molecule has 1 aromatic rings. The van der Waals surface area contributed by atoms with Crippen LogP contribution in [0.3, 0.4) is 0 Å². The van der Waals surface area contributed by atoms with Gasteiger partial charge in [-0.25, -0.2) is 0 Å². The van der Waals surface area contributed by atoms with Crippen molar-refractivity contribution in [3.05, 3.63) is 11.6 Å². The highest BCUT2D eigenvalue weighted by atomic mass is 127. The van der Waals surface area contributed by atoms with E-state index in [0.29, 0.717) is 13.2 Å². The Bertz CT molecular complexity index is 491. The van der Waals surface area contributed by atoms with E-state index in [4.69, 9.17) is 4.74 Å². The Morgan fingerprint density at radius 2 is 2.08 bits per heavy atom. The molecule has 1 aliphatic heterocycles. The van der Waals surface area contributed by atoms with Gasteiger partial charge in [-0.1, -0.05) is 6.42 Å². The van der Waals surface area contributed by atoms with Crippen LogP contribution >= 0.6 is 24.0 Å². The lowest BCUT2D eigenvalue weighted by Gasteiger charge is -2.12. The van der Waals surface area contributed by atoms with Crippen LogP contribution in [0.2, 0.25) is 0 Å². The van der Waals surface area contributed by atoms with Crippen LogP contribution in [0, 0.1) is 0 Å². The molecule has 1 aliphatic rings. The minimum absolute atomic E-state index is 0. The van der Waals surface area contributed by atoms with Crippen molar-refractivity contribution in [1.29, 1.82) is 0 Å². The fourth-order valence-electron chi connectivity index (χ4n) is 2.73. The molecule has 0 fully saturated rings. The molecule has 24 heavy (non-hydrogen) atoms. The molecule has 0 atom stereocenters. The highest BCUT2D eigenvalue weighted by Gasteiger charge is 2.14. The van der Waals surface area contributed by atoms with E-state index in [9.17, 15) is 0 Å². The summed E-state index contributed by atoms with van der Waals surface area (Å²) in [7, 11) is 0. The minimum atomic E-state index is 0. The lowest BCUT2D eigenvalue weighted by Crippen LogP contribution is -2.38. The normalized spacial score (nSPS) is 14.5. The molecule has 0 radical (unpaired) electrons. The molecule has 7 nitrogen and oxygen atoms in total. The van der Waals surface area contributed by atoms with Crippen molar-refractivity contribution < 1.29 is 4.74 Å². The molecule has 0 saturated heterocycles. The molecule has 0 spiro atoms. The van der Waals surface area contributed by atoms with Gasteiger partial charge in [0.25, 0.3) is 0 Å². The van der Waals surface area contributed by atoms with E-state index in [1.54, 1.807) is 0 Å². The van der Waals surface area contributed by atoms with Crippen molar-refractivity contribution in [3.8, 4) is 0 Å². The van der Waals surface area contributed by atoms with E-state index in [-0.39, 0.29) is 24.0 Å². The van der Waals surface area contributed by atoms with Crippen molar-refractivity contribution >= 4 is 29.9 Å². The fourth-order valence-corrected chi connectivity index (χ4v) is 2.73. The summed E-state index contributed by atoms with van der Waals surface area (Å²) in [6.07, 6.45) is 5.67. The molecule has 0 amide bonds. The van der Waals surface area contributed by atoms with Crippen LogP contribution in [0.15, 0.2) is 4.99 Å². The van der Waals surface area contributed by atoms with Crippen LogP contribution in [-0.2, 0) is 24.1 Å². The molecule has 0 aliphatic carbocycles. The predicted molar refractivity (Wildman–Crippen MR) is 107 cm³/mol. The monoisotopic (exact) mass is 450 g/mol. The molecular formula is C16H31IN6O. The van der Waals surface area contributed by atoms with E-state index < -0.39 is 0 Å². The maximum Gasteiger partial charge on any atom is 0.191 e. The first-order valence-corrected chi connectivity index (χ1v) is 8.86. The third-order valence-electron chi connectivity index (χ3n) is 3.88. The number of nitrogens with one attached hydrogen (secondary N) is 2. The van der Waals surface area contributed by atoms with Gasteiger partial charge < -0.3 is 19.9 Å². The number of rotatable bonds is 8. The van der Waals surface area contributed by atoms with Crippen LogP contribution in [0.4, 0.5) is 0 Å². The van der Waals surface area contributed by atoms with Gasteiger partial charge in [0.05, 0.1) is 13.2 Å². The zero-order valence-corrected chi connectivity index (χ0v) is 17.2. The van der Waals surface area contributed by atoms with Crippen molar-refractivity contribution in [3.63, 3.8) is 0 Å². The van der Waals surface area contributed by atoms with E-state index in [1.165, 1.54) is 19.3 Å². The van der Waals surface area contributed by atoms with E-state index in [2.05, 4.69) is 37.3 Å². The number of guanidine groups is 1. The molecule has 8 heteroatoms. The van der Waals surface area contributed by atoms with Gasteiger partial charge in [0.2, 0.25) is 0 Å². The smallest absolute Gasteiger partial charge is 0.191 e. The Labute approximate surface area is 162 Å². The van der Waals surface area contributed by atoms with Gasteiger partial charge >= 0.3 is 0 Å². The second-order valence-corrected chi connectivity index (χ2v) is 5.63. The van der Waals surface area contributed by atoms with Crippen molar-refractivity contribution in [2.75, 3.05) is 32.8 Å². The van der Waals surface area contributed by atoms with Gasteiger partial charge in [-0.3, -0.25) is 4.99 Å². The summed E-state index contributed by atoms with van der Waals surface area (Å²) in [5, 5.41) is 15.3. The Hall–Kier alpha value is -0.900. The molecule has 1 aromatic heterocycles. The number of aliphatic imine (C=N–C) groups is 1. The standard InChI is InChI=1S/C16H30N6O.HI/c1-3-17-16(19-11-13-23-4-2)18-10-9-15-21-20-14-8-6-5-7-12-22(14)15;/h3-13H2,1-2H3,(H2,17,18,19);1H. The quantitative estimate of drug-likeness (QED) is 0.273. The number of hydrogen-bond donors (Lipinski definition) is 2. The predicted octanol–water partition coefficient (Wildman–Crippen LogP) is 1.76. The van der Waals surface area contributed by atoms with Crippen LogP contribution in [0.1, 0.15) is 44.8 Å². The summed E-state index contributed by atoms with van der Waals surface area (Å²) in [6, 6.07) is 0. The molecule has 0 saturated carbocycles. The third-order valence-corrected chi connectivity index (χ3v) is 3.88. The highest BCUT2D eigenvalue weighted by Crippen LogP contribution is 2.14. The summed E-state index contributed by atoms with van der Waals surface area (Å²) in [6.45, 7) is 8.83. The van der Waals surface area contributed by atoms with Gasteiger partial charge in [0.1, 0.15) is 11.6 Å². The minimum Gasteiger partial charge on any atom is -0.380 e. The SMILES string of the molecule is CCNC(=NCCOCC)NCCc1nnc2n1CCCCC2.I. The number of aryl methyl sites for hydroxylation is 1. The van der Waals surface area contributed by atoms with Gasteiger partial charge in [0.15, 0.2) is 5.96 Å². The highest BCUT2D eigenvalue weighted by molar-refractivity contribution is 14.0. The zero-order valence-electron chi connectivity index (χ0n) is 14.9. The Kier molecular flexibility index (Phi) is 11.0. The van der Waals surface area contributed by atoms with E-state index in [0.717, 1.165) is 56.7 Å². The lowest BCUT2D eigenvalue weighted by molar-refractivity contribution is 0.155. The van der Waals surface area contributed by atoms with Crippen LogP contribution in [0.25, 0.3) is 0 Å². The van der Waals surface area contributed by atoms with Gasteiger partial charge in [-0.15, -0.1) is 34.2 Å². The van der Waals surface area contributed by atoms with Gasteiger partial charge in [-0.2, -0.15) is 0 Å². The first-order valence-electron chi connectivity index (χ1n) is 8.86. The lowest BCUT2D eigenvalue weighted by atomic mass is 10.2. The maximum atomic E-state index is 5.32. The summed E-state index contributed by atoms with van der Waals surface area (Å²) in [5.41, 5.74) is 0. The molecule has 2 heterocycles. The summed E-state index contributed by atoms with van der Waals surface area (Å²) >= 11 is 0. The Morgan fingerprint density at radius 1 is 1.21 bits per heavy atom. The van der Waals surface area contributed by atoms with Gasteiger partial charge in [0, 0.05) is 39.1 Å². The second kappa shape index (κ2) is 12.5. The number of fused-ring (bicyclic) bond motifs is 1. The van der Waals surface area contributed by atoms with Crippen molar-refractivity contribution in [1.82, 2.24) is 25.4 Å². The third kappa shape index (κ3) is 6.92. The molecule has 0 bridgehead atoms. The van der Waals surface area contributed by atoms with Crippen molar-refractivity contribution in [2.45, 2.75) is 52.5 Å². The van der Waals surface area contributed by atoms with Crippen LogP contribution in [0.5, 0.6) is 0 Å². The first-order chi connectivity index (χ1) is 11.3. The molecule has 2 rings (SSSR count). The molecule has 138 valence electrons. The number of hydrogen-bond acceptors (Lipinski definition) is 4. The number of ether oxygens (including phenoxy) is 1. The summed E-state index contributed by atoms with van der Waals surface area (Å²) in [5.74, 6) is 3.07. The first kappa shape index (κ1) is 21.1. The topological polar surface area (TPSA) is 76.4 Å². The summed E-state index contributed by atoms with van der Waals surface area (Å²) in [4.78, 5) is 4.50. The molecule has 0 aromatic carbocycles.